The molecule has 1 aromatic rings. The first-order chi connectivity index (χ1) is 14.0. The summed E-state index contributed by atoms with van der Waals surface area (Å²) in [6.45, 7) is 0.566. The number of carboxylic acids is 1. The van der Waals surface area contributed by atoms with Gasteiger partial charge in [0.1, 0.15) is 12.0 Å². The molecule has 3 heterocycles. The van der Waals surface area contributed by atoms with Crippen LogP contribution >= 0.6 is 23.1 Å². The molecule has 0 saturated carbocycles. The van der Waals surface area contributed by atoms with Crippen LogP contribution in [-0.2, 0) is 30.3 Å². The van der Waals surface area contributed by atoms with E-state index in [4.69, 9.17) is 4.74 Å². The number of carbonyl (C=O) groups is 4. The van der Waals surface area contributed by atoms with Gasteiger partial charge in [-0.15, -0.1) is 23.1 Å². The SMILES string of the molecule is CC(=O)OCC1=C(C(=O)[O-])N2C(=O)[C@@](NC(=O)Cc3cccs3)(C(F)(F)F)[C@H]2SC1.[Na+]. The zero-order valence-corrected chi connectivity index (χ0v) is 19.9. The fourth-order valence-electron chi connectivity index (χ4n) is 3.19. The van der Waals surface area contributed by atoms with Gasteiger partial charge in [-0.3, -0.25) is 19.3 Å². The van der Waals surface area contributed by atoms with Gasteiger partial charge in [-0.25, -0.2) is 0 Å². The second-order valence-electron chi connectivity index (χ2n) is 6.47. The van der Waals surface area contributed by atoms with E-state index in [1.165, 1.54) is 11.3 Å². The number of carboxylic acid groups (broad SMARTS) is 1. The normalized spacial score (nSPS) is 22.8. The number of hydrogen-bond donors (Lipinski definition) is 1. The molecule has 3 rings (SSSR count). The summed E-state index contributed by atoms with van der Waals surface area (Å²) in [5, 5.41) is 13.3. The van der Waals surface area contributed by atoms with Gasteiger partial charge in [0.05, 0.1) is 18.1 Å². The van der Waals surface area contributed by atoms with Crippen LogP contribution in [0.1, 0.15) is 11.8 Å². The molecule has 2 aliphatic heterocycles. The van der Waals surface area contributed by atoms with Crippen molar-refractivity contribution in [1.29, 1.82) is 0 Å². The maximum Gasteiger partial charge on any atom is 1.00 e. The number of carbonyl (C=O) groups excluding carboxylic acids is 4. The third-order valence-electron chi connectivity index (χ3n) is 4.49. The molecule has 0 aliphatic carbocycles. The second-order valence-corrected chi connectivity index (χ2v) is 8.57. The van der Waals surface area contributed by atoms with Gasteiger partial charge < -0.3 is 20.0 Å². The number of esters is 1. The van der Waals surface area contributed by atoms with Crippen molar-refractivity contribution >= 4 is 46.9 Å². The van der Waals surface area contributed by atoms with E-state index in [0.29, 0.717) is 21.5 Å². The molecular formula is C17H14F3N2NaO6S2. The first-order valence-electron chi connectivity index (χ1n) is 8.41. The number of β-lactam (4-membered cyclic amide) rings is 1. The maximum absolute atomic E-state index is 14.0. The van der Waals surface area contributed by atoms with E-state index in [2.05, 4.69) is 0 Å². The Morgan fingerprint density at radius 2 is 2.06 bits per heavy atom. The number of rotatable bonds is 6. The minimum atomic E-state index is -5.17. The molecule has 1 aromatic heterocycles. The summed E-state index contributed by atoms with van der Waals surface area (Å²) in [6, 6.07) is 3.19. The van der Waals surface area contributed by atoms with Crippen molar-refractivity contribution in [3.05, 3.63) is 33.7 Å². The molecule has 2 atom stereocenters. The van der Waals surface area contributed by atoms with Crippen LogP contribution in [0.4, 0.5) is 13.2 Å². The molecule has 31 heavy (non-hydrogen) atoms. The van der Waals surface area contributed by atoms with Gasteiger partial charge >= 0.3 is 41.7 Å². The number of thioether (sulfide) groups is 1. The van der Waals surface area contributed by atoms with Crippen LogP contribution in [0.2, 0.25) is 0 Å². The standard InChI is InChI=1S/C17H15F3N2O6S2.Na/c1-8(23)28-6-9-7-30-15-16(17(18,19)20,14(27)22(15)12(9)13(25)26)21-11(24)5-10-3-2-4-29-10;/h2-4,15H,5-7H2,1H3,(H,21,24)(H,25,26);/q;+1/p-1/t15-,16+;/m1./s1. The molecule has 0 unspecified atom stereocenters. The predicted octanol–water partition coefficient (Wildman–Crippen LogP) is -2.81. The van der Waals surface area contributed by atoms with Gasteiger partial charge in [-0.1, -0.05) is 6.07 Å². The van der Waals surface area contributed by atoms with E-state index in [1.807, 2.05) is 0 Å². The first kappa shape index (κ1) is 25.7. The van der Waals surface area contributed by atoms with Gasteiger partial charge in [-0.05, 0) is 11.4 Å². The quantitative estimate of drug-likeness (QED) is 0.262. The van der Waals surface area contributed by atoms with Crippen molar-refractivity contribution in [2.24, 2.45) is 0 Å². The molecule has 2 amide bonds. The zero-order valence-electron chi connectivity index (χ0n) is 16.3. The minimum absolute atomic E-state index is 0. The van der Waals surface area contributed by atoms with E-state index in [0.717, 1.165) is 6.92 Å². The van der Waals surface area contributed by atoms with Crippen LogP contribution in [0.5, 0.6) is 0 Å². The summed E-state index contributed by atoms with van der Waals surface area (Å²) < 4.78 is 46.6. The molecule has 14 heteroatoms. The number of amides is 2. The molecule has 0 aromatic carbocycles. The number of hydrogen-bond acceptors (Lipinski definition) is 8. The number of alkyl halides is 3. The topological polar surface area (TPSA) is 116 Å². The van der Waals surface area contributed by atoms with Crippen molar-refractivity contribution in [3.63, 3.8) is 0 Å². The third kappa shape index (κ3) is 4.65. The Labute approximate surface area is 204 Å². The Hall–Kier alpha value is -1.54. The Morgan fingerprint density at radius 3 is 2.58 bits per heavy atom. The van der Waals surface area contributed by atoms with Crippen LogP contribution in [0.3, 0.4) is 0 Å². The van der Waals surface area contributed by atoms with Crippen molar-refractivity contribution in [1.82, 2.24) is 10.2 Å². The van der Waals surface area contributed by atoms with E-state index in [1.54, 1.807) is 22.8 Å². The van der Waals surface area contributed by atoms with Crippen LogP contribution in [0.25, 0.3) is 0 Å². The monoisotopic (exact) mass is 486 g/mol. The molecule has 8 nitrogen and oxygen atoms in total. The number of fused-ring (bicyclic) bond motifs is 1. The number of nitrogens with one attached hydrogen (secondary N) is 1. The third-order valence-corrected chi connectivity index (χ3v) is 6.77. The number of aliphatic carboxylic acids is 1. The van der Waals surface area contributed by atoms with Gasteiger partial charge in [0.15, 0.2) is 0 Å². The second kappa shape index (κ2) is 9.53. The molecule has 0 bridgehead atoms. The average Bonchev–Trinajstić information content (AvgIpc) is 3.14. The largest absolute Gasteiger partial charge is 1.00 e. The molecule has 1 saturated heterocycles. The van der Waals surface area contributed by atoms with Crippen LogP contribution < -0.4 is 40.0 Å². The van der Waals surface area contributed by atoms with Crippen molar-refractivity contribution < 1.29 is 71.8 Å². The fraction of sp³-hybridized carbons (Fsp3) is 0.412. The van der Waals surface area contributed by atoms with Crippen LogP contribution in [0, 0.1) is 0 Å². The van der Waals surface area contributed by atoms with Crippen molar-refractivity contribution in [3.8, 4) is 0 Å². The van der Waals surface area contributed by atoms with Crippen molar-refractivity contribution in [2.75, 3.05) is 12.4 Å². The van der Waals surface area contributed by atoms with Crippen LogP contribution in [-0.4, -0.2) is 58.1 Å². The Kier molecular flexibility index (Phi) is 7.90. The first-order valence-corrected chi connectivity index (χ1v) is 10.3. The van der Waals surface area contributed by atoms with E-state index < -0.39 is 53.1 Å². The molecule has 0 spiro atoms. The maximum atomic E-state index is 14.0. The summed E-state index contributed by atoms with van der Waals surface area (Å²) in [5.41, 5.74) is -4.11. The minimum Gasteiger partial charge on any atom is -0.543 e. The molecule has 1 N–H and O–H groups in total. The van der Waals surface area contributed by atoms with E-state index >= 15 is 0 Å². The zero-order chi connectivity index (χ0) is 22.3. The molecule has 0 radical (unpaired) electrons. The van der Waals surface area contributed by atoms with Gasteiger partial charge in [0.2, 0.25) is 11.4 Å². The number of nitrogens with zero attached hydrogens (tertiary/aromatic N) is 1. The van der Waals surface area contributed by atoms with Gasteiger partial charge in [0.25, 0.3) is 5.91 Å². The van der Waals surface area contributed by atoms with Crippen molar-refractivity contribution in [2.45, 2.75) is 30.4 Å². The number of halogens is 3. The number of thiophene rings is 1. The van der Waals surface area contributed by atoms with Gasteiger partial charge in [0, 0.05) is 23.1 Å². The summed E-state index contributed by atoms with van der Waals surface area (Å²) in [6.07, 6.45) is -5.53. The summed E-state index contributed by atoms with van der Waals surface area (Å²) in [5.74, 6) is -5.52. The molecule has 1 fully saturated rings. The van der Waals surface area contributed by atoms with E-state index in [9.17, 15) is 37.5 Å². The smallest absolute Gasteiger partial charge is 0.543 e. The average molecular weight is 486 g/mol. The molecular weight excluding hydrogens is 472 g/mol. The Bertz CT molecular complexity index is 937. The number of ether oxygens (including phenoxy) is 1. The molecule has 162 valence electrons. The summed E-state index contributed by atoms with van der Waals surface area (Å²) in [7, 11) is 0. The van der Waals surface area contributed by atoms with Gasteiger partial charge in [-0.2, -0.15) is 13.2 Å². The molecule has 2 aliphatic rings. The summed E-state index contributed by atoms with van der Waals surface area (Å²) in [4.78, 5) is 48.4. The Morgan fingerprint density at radius 1 is 1.39 bits per heavy atom. The van der Waals surface area contributed by atoms with Crippen LogP contribution in [0.15, 0.2) is 28.8 Å². The Balaban J connectivity index is 0.00000341. The predicted molar refractivity (Wildman–Crippen MR) is 96.7 cm³/mol. The summed E-state index contributed by atoms with van der Waals surface area (Å²) >= 11 is 1.78. The van der Waals surface area contributed by atoms with E-state index in [-0.39, 0.29) is 47.3 Å². The fourth-order valence-corrected chi connectivity index (χ4v) is 5.37.